The van der Waals surface area contributed by atoms with Crippen LogP contribution in [0.15, 0.2) is 58.0 Å². The number of aromatic nitrogens is 1. The fourth-order valence-electron chi connectivity index (χ4n) is 2.99. The Balaban J connectivity index is 1.33. The van der Waals surface area contributed by atoms with Crippen molar-refractivity contribution in [1.29, 1.82) is 0 Å². The molecule has 0 atom stereocenters. The van der Waals surface area contributed by atoms with Crippen molar-refractivity contribution in [1.82, 2.24) is 10.4 Å². The summed E-state index contributed by atoms with van der Waals surface area (Å²) in [5, 5.41) is 4.11. The lowest BCUT2D eigenvalue weighted by Gasteiger charge is -2.11. The number of benzene rings is 2. The number of Topliss-reactive ketones (excluding diaryl/α,β-unsaturated/α-hetero) is 1. The number of hydrogen-bond acceptors (Lipinski definition) is 6. The van der Waals surface area contributed by atoms with Crippen LogP contribution in [0.4, 0.5) is 0 Å². The number of fused-ring (bicyclic) bond motifs is 1. The molecule has 4 rings (SSSR count). The lowest BCUT2D eigenvalue weighted by atomic mass is 9.97. The first kappa shape index (κ1) is 18.8. The van der Waals surface area contributed by atoms with Crippen molar-refractivity contribution in [3.8, 4) is 0 Å². The number of carbonyl (C=O) groups is 2. The molecule has 1 saturated carbocycles. The van der Waals surface area contributed by atoms with Crippen LogP contribution in [-0.2, 0) is 10.5 Å². The molecule has 1 N–H and O–H groups in total. The van der Waals surface area contributed by atoms with Gasteiger partial charge < -0.3 is 0 Å². The Hall–Kier alpha value is -2.51. The van der Waals surface area contributed by atoms with Gasteiger partial charge in [-0.2, -0.15) is 5.10 Å². The van der Waals surface area contributed by atoms with Gasteiger partial charge in [-0.3, -0.25) is 9.59 Å². The number of rotatable bonds is 5. The number of nitrogens with zero attached hydrogens (tertiary/aromatic N) is 2. The molecule has 2 aromatic carbocycles. The molecule has 1 aromatic heterocycles. The summed E-state index contributed by atoms with van der Waals surface area (Å²) >= 11 is 3.39. The second-order valence-electron chi connectivity index (χ2n) is 6.62. The number of carbonyl (C=O) groups excluding carboxylic acids is 2. The van der Waals surface area contributed by atoms with Crippen molar-refractivity contribution in [3.63, 3.8) is 0 Å². The van der Waals surface area contributed by atoms with Gasteiger partial charge in [-0.1, -0.05) is 36.0 Å². The highest BCUT2D eigenvalue weighted by molar-refractivity contribution is 8.00. The van der Waals surface area contributed by atoms with E-state index in [-0.39, 0.29) is 11.7 Å². The van der Waals surface area contributed by atoms with E-state index in [1.165, 1.54) is 4.70 Å². The zero-order valence-corrected chi connectivity index (χ0v) is 16.8. The maximum absolute atomic E-state index is 12.2. The van der Waals surface area contributed by atoms with Crippen molar-refractivity contribution in [2.24, 2.45) is 5.10 Å². The molecule has 0 aliphatic heterocycles. The molecular weight excluding hydrogens is 390 g/mol. The van der Waals surface area contributed by atoms with Crippen LogP contribution < -0.4 is 5.43 Å². The molecule has 1 amide bonds. The summed E-state index contributed by atoms with van der Waals surface area (Å²) < 4.78 is 2.24. The predicted molar refractivity (Wildman–Crippen MR) is 114 cm³/mol. The van der Waals surface area contributed by atoms with Crippen molar-refractivity contribution in [2.75, 3.05) is 0 Å². The average molecular weight is 410 g/mol. The fraction of sp³-hybridized carbons (Fsp3) is 0.238. The normalized spacial score (nSPS) is 15.9. The molecule has 3 aromatic rings. The monoisotopic (exact) mass is 409 g/mol. The quantitative estimate of drug-likeness (QED) is 0.484. The number of hydrogen-bond donors (Lipinski definition) is 1. The van der Waals surface area contributed by atoms with E-state index in [9.17, 15) is 9.59 Å². The van der Waals surface area contributed by atoms with E-state index in [2.05, 4.69) is 21.6 Å². The van der Waals surface area contributed by atoms with Gasteiger partial charge in [-0.15, -0.1) is 11.3 Å². The van der Waals surface area contributed by atoms with E-state index >= 15 is 0 Å². The SMILES string of the molecule is O=C1CCC/C(=N/NC(=O)c2ccc(CSc3nc4ccccc4s3)cc2)C1. The Labute approximate surface area is 171 Å². The molecule has 142 valence electrons. The van der Waals surface area contributed by atoms with E-state index in [0.717, 1.165) is 39.7 Å². The summed E-state index contributed by atoms with van der Waals surface area (Å²) in [5.41, 5.74) is 6.04. The first-order chi connectivity index (χ1) is 13.7. The van der Waals surface area contributed by atoms with Gasteiger partial charge in [0.1, 0.15) is 5.78 Å². The molecule has 1 fully saturated rings. The first-order valence-corrected chi connectivity index (χ1v) is 10.9. The zero-order chi connectivity index (χ0) is 19.3. The first-order valence-electron chi connectivity index (χ1n) is 9.12. The minimum absolute atomic E-state index is 0.189. The summed E-state index contributed by atoms with van der Waals surface area (Å²) in [4.78, 5) is 28.3. The third-order valence-electron chi connectivity index (χ3n) is 4.49. The third kappa shape index (κ3) is 4.66. The number of thioether (sulfide) groups is 1. The van der Waals surface area contributed by atoms with Crippen LogP contribution >= 0.6 is 23.1 Å². The van der Waals surface area contributed by atoms with Gasteiger partial charge in [0.2, 0.25) is 0 Å². The van der Waals surface area contributed by atoms with Gasteiger partial charge >= 0.3 is 0 Å². The number of amides is 1. The van der Waals surface area contributed by atoms with E-state index in [1.807, 2.05) is 30.3 Å². The van der Waals surface area contributed by atoms with Gasteiger partial charge in [0.15, 0.2) is 4.34 Å². The molecule has 0 radical (unpaired) electrons. The summed E-state index contributed by atoms with van der Waals surface area (Å²) in [6.45, 7) is 0. The van der Waals surface area contributed by atoms with Crippen LogP contribution in [0.5, 0.6) is 0 Å². The van der Waals surface area contributed by atoms with E-state index in [4.69, 9.17) is 0 Å². The molecule has 0 bridgehead atoms. The maximum atomic E-state index is 12.2. The number of thiazole rings is 1. The Morgan fingerprint density at radius 2 is 1.96 bits per heavy atom. The van der Waals surface area contributed by atoms with Crippen LogP contribution in [-0.4, -0.2) is 22.4 Å². The van der Waals surface area contributed by atoms with Crippen LogP contribution in [0.2, 0.25) is 0 Å². The minimum Gasteiger partial charge on any atom is -0.299 e. The number of hydrazone groups is 1. The van der Waals surface area contributed by atoms with Crippen LogP contribution in [0.3, 0.4) is 0 Å². The number of ketones is 1. The van der Waals surface area contributed by atoms with Crippen molar-refractivity contribution in [3.05, 3.63) is 59.7 Å². The molecule has 0 unspecified atom stereocenters. The van der Waals surface area contributed by atoms with E-state index in [1.54, 1.807) is 35.2 Å². The lowest BCUT2D eigenvalue weighted by molar-refractivity contribution is -0.118. The lowest BCUT2D eigenvalue weighted by Crippen LogP contribution is -2.22. The summed E-state index contributed by atoms with van der Waals surface area (Å²) in [5.74, 6) is 0.733. The molecule has 1 aliphatic rings. The molecular formula is C21H19N3O2S2. The Bertz CT molecular complexity index is 1010. The van der Waals surface area contributed by atoms with Gasteiger partial charge in [-0.25, -0.2) is 10.4 Å². The minimum atomic E-state index is -0.254. The van der Waals surface area contributed by atoms with E-state index in [0.29, 0.717) is 18.4 Å². The second-order valence-corrected chi connectivity index (χ2v) is 8.87. The summed E-state index contributed by atoms with van der Waals surface area (Å²) in [6, 6.07) is 15.6. The highest BCUT2D eigenvalue weighted by Gasteiger charge is 2.15. The van der Waals surface area contributed by atoms with Crippen LogP contribution in [0.25, 0.3) is 10.2 Å². The van der Waals surface area contributed by atoms with Crippen molar-refractivity contribution >= 4 is 50.7 Å². The smallest absolute Gasteiger partial charge is 0.271 e. The molecule has 28 heavy (non-hydrogen) atoms. The summed E-state index contributed by atoms with van der Waals surface area (Å²) in [7, 11) is 0. The number of para-hydroxylation sites is 1. The van der Waals surface area contributed by atoms with Crippen LogP contribution in [0.1, 0.15) is 41.6 Å². The Morgan fingerprint density at radius 1 is 1.14 bits per heavy atom. The summed E-state index contributed by atoms with van der Waals surface area (Å²) in [6.07, 6.45) is 2.55. The van der Waals surface area contributed by atoms with Crippen LogP contribution in [0, 0.1) is 0 Å². The zero-order valence-electron chi connectivity index (χ0n) is 15.2. The van der Waals surface area contributed by atoms with Gasteiger partial charge in [0, 0.05) is 29.9 Å². The predicted octanol–water partition coefficient (Wildman–Crippen LogP) is 4.82. The van der Waals surface area contributed by atoms with Gasteiger partial charge in [0.25, 0.3) is 5.91 Å². The molecule has 1 aliphatic carbocycles. The van der Waals surface area contributed by atoms with Gasteiger partial charge in [0.05, 0.1) is 10.2 Å². The topological polar surface area (TPSA) is 71.4 Å². The van der Waals surface area contributed by atoms with Crippen molar-refractivity contribution in [2.45, 2.75) is 35.8 Å². The van der Waals surface area contributed by atoms with Crippen molar-refractivity contribution < 1.29 is 9.59 Å². The molecule has 0 spiro atoms. The molecule has 5 nitrogen and oxygen atoms in total. The molecule has 0 saturated heterocycles. The third-order valence-corrected chi connectivity index (χ3v) is 6.74. The maximum Gasteiger partial charge on any atom is 0.271 e. The Morgan fingerprint density at radius 3 is 2.75 bits per heavy atom. The fourth-order valence-corrected chi connectivity index (χ4v) is 5.02. The standard InChI is InChI=1S/C21H19N3O2S2/c25-17-5-3-4-16(12-17)23-24-20(26)15-10-8-14(9-11-15)13-27-21-22-18-6-1-2-7-19(18)28-21/h1-2,6-11H,3-5,12-13H2,(H,24,26)/b23-16-. The largest absolute Gasteiger partial charge is 0.299 e. The number of nitrogens with one attached hydrogen (secondary N) is 1. The second kappa shape index (κ2) is 8.67. The Kier molecular flexibility index (Phi) is 5.83. The molecule has 1 heterocycles. The highest BCUT2D eigenvalue weighted by Crippen LogP contribution is 2.31. The van der Waals surface area contributed by atoms with Gasteiger partial charge in [-0.05, 0) is 42.7 Å². The highest BCUT2D eigenvalue weighted by atomic mass is 32.2. The average Bonchev–Trinajstić information content (AvgIpc) is 3.14. The molecule has 7 heteroatoms. The van der Waals surface area contributed by atoms with E-state index < -0.39 is 0 Å².